The molecule has 2 atom stereocenters. The molecule has 114 valence electrons. The number of hydrogen-bond donors (Lipinski definition) is 1. The molecule has 0 aromatic heterocycles. The van der Waals surface area contributed by atoms with E-state index < -0.39 is 17.6 Å². The van der Waals surface area contributed by atoms with Crippen molar-refractivity contribution in [2.45, 2.75) is 31.5 Å². The fourth-order valence-corrected chi connectivity index (χ4v) is 3.89. The summed E-state index contributed by atoms with van der Waals surface area (Å²) in [5.41, 5.74) is -1.04. The molecular formula is C14H14F4N2S. The molecule has 0 bridgehead atoms. The van der Waals surface area contributed by atoms with E-state index in [0.717, 1.165) is 43.2 Å². The maximum absolute atomic E-state index is 13.7. The third kappa shape index (κ3) is 3.17. The molecule has 0 amide bonds. The number of nitrogens with zero attached hydrogens (tertiary/aromatic N) is 1. The van der Waals surface area contributed by atoms with Crippen molar-refractivity contribution in [1.82, 2.24) is 0 Å². The highest BCUT2D eigenvalue weighted by atomic mass is 32.2. The monoisotopic (exact) mass is 318 g/mol. The first-order valence-electron chi connectivity index (χ1n) is 6.78. The number of halogens is 4. The lowest BCUT2D eigenvalue weighted by atomic mass is 10.1. The van der Waals surface area contributed by atoms with Crippen molar-refractivity contribution in [2.75, 3.05) is 11.1 Å². The molecule has 2 unspecified atom stereocenters. The summed E-state index contributed by atoms with van der Waals surface area (Å²) in [5.74, 6) is 0.726. The largest absolute Gasteiger partial charge is 0.416 e. The zero-order valence-corrected chi connectivity index (χ0v) is 11.9. The number of alkyl halides is 3. The molecule has 1 N–H and O–H groups in total. The second-order valence-electron chi connectivity index (χ2n) is 5.32. The van der Waals surface area contributed by atoms with E-state index in [-0.39, 0.29) is 11.7 Å². The van der Waals surface area contributed by atoms with Crippen LogP contribution in [0.3, 0.4) is 0 Å². The summed E-state index contributed by atoms with van der Waals surface area (Å²) >= 11 is 1.45. The minimum Gasteiger partial charge on any atom is -0.333 e. The number of aliphatic imine (C=N–C) groups is 1. The van der Waals surface area contributed by atoms with Crippen LogP contribution in [-0.2, 0) is 6.18 Å². The second kappa shape index (κ2) is 5.51. The highest BCUT2D eigenvalue weighted by Gasteiger charge is 2.33. The van der Waals surface area contributed by atoms with Crippen LogP contribution < -0.4 is 5.32 Å². The minimum absolute atomic E-state index is 0.174. The smallest absolute Gasteiger partial charge is 0.333 e. The molecule has 1 aliphatic carbocycles. The van der Waals surface area contributed by atoms with Crippen LogP contribution in [0.15, 0.2) is 23.2 Å². The lowest BCUT2D eigenvalue weighted by Gasteiger charge is -2.23. The van der Waals surface area contributed by atoms with Gasteiger partial charge in [0.15, 0.2) is 5.17 Å². The first kappa shape index (κ1) is 14.7. The van der Waals surface area contributed by atoms with Gasteiger partial charge in [-0.2, -0.15) is 13.2 Å². The second-order valence-corrected chi connectivity index (χ2v) is 6.33. The molecule has 2 aliphatic rings. The maximum Gasteiger partial charge on any atom is 0.416 e. The lowest BCUT2D eigenvalue weighted by molar-refractivity contribution is -0.137. The molecule has 3 rings (SSSR count). The van der Waals surface area contributed by atoms with Crippen molar-refractivity contribution in [3.8, 4) is 0 Å². The SMILES string of the molecule is Fc1ccc(C(F)(F)F)cc1NC1=NC2CCCC2CS1. The minimum atomic E-state index is -4.48. The van der Waals surface area contributed by atoms with Crippen LogP contribution in [0.4, 0.5) is 23.2 Å². The Balaban J connectivity index is 1.81. The number of amidine groups is 1. The van der Waals surface area contributed by atoms with E-state index in [1.165, 1.54) is 11.8 Å². The summed E-state index contributed by atoms with van der Waals surface area (Å²) < 4.78 is 51.7. The summed E-state index contributed by atoms with van der Waals surface area (Å²) in [6.07, 6.45) is -1.21. The number of fused-ring (bicyclic) bond motifs is 1. The van der Waals surface area contributed by atoms with Gasteiger partial charge in [-0.05, 0) is 37.0 Å². The van der Waals surface area contributed by atoms with Crippen LogP contribution in [0.1, 0.15) is 24.8 Å². The normalized spacial score (nSPS) is 25.4. The summed E-state index contributed by atoms with van der Waals surface area (Å²) in [6.45, 7) is 0. The predicted molar refractivity (Wildman–Crippen MR) is 76.0 cm³/mol. The Morgan fingerprint density at radius 2 is 2.05 bits per heavy atom. The van der Waals surface area contributed by atoms with Gasteiger partial charge in [0.1, 0.15) is 5.82 Å². The molecule has 1 fully saturated rings. The zero-order chi connectivity index (χ0) is 15.0. The maximum atomic E-state index is 13.7. The van der Waals surface area contributed by atoms with E-state index in [4.69, 9.17) is 0 Å². The van der Waals surface area contributed by atoms with Gasteiger partial charge in [0.25, 0.3) is 0 Å². The first-order chi connectivity index (χ1) is 9.93. The molecule has 21 heavy (non-hydrogen) atoms. The Kier molecular flexibility index (Phi) is 3.86. The number of benzene rings is 1. The molecule has 1 aromatic carbocycles. The fourth-order valence-electron chi connectivity index (χ4n) is 2.74. The summed E-state index contributed by atoms with van der Waals surface area (Å²) in [7, 11) is 0. The van der Waals surface area contributed by atoms with Gasteiger partial charge >= 0.3 is 6.18 Å². The molecule has 1 aromatic rings. The van der Waals surface area contributed by atoms with Crippen molar-refractivity contribution in [1.29, 1.82) is 0 Å². The number of thioether (sulfide) groups is 1. The van der Waals surface area contributed by atoms with Crippen molar-refractivity contribution in [2.24, 2.45) is 10.9 Å². The topological polar surface area (TPSA) is 24.4 Å². The molecule has 2 nitrogen and oxygen atoms in total. The number of nitrogens with one attached hydrogen (secondary N) is 1. The van der Waals surface area contributed by atoms with Gasteiger partial charge in [-0.3, -0.25) is 4.99 Å². The van der Waals surface area contributed by atoms with Gasteiger partial charge in [0, 0.05) is 5.75 Å². The molecule has 0 radical (unpaired) electrons. The van der Waals surface area contributed by atoms with Crippen molar-refractivity contribution < 1.29 is 17.6 Å². The molecule has 7 heteroatoms. The van der Waals surface area contributed by atoms with Gasteiger partial charge in [-0.1, -0.05) is 18.2 Å². The first-order valence-corrected chi connectivity index (χ1v) is 7.76. The van der Waals surface area contributed by atoms with E-state index in [1.54, 1.807) is 0 Å². The highest BCUT2D eigenvalue weighted by molar-refractivity contribution is 8.14. The third-order valence-corrected chi connectivity index (χ3v) is 4.95. The Morgan fingerprint density at radius 3 is 2.81 bits per heavy atom. The standard InChI is InChI=1S/C14H14F4N2S/c15-10-5-4-9(14(16,17)18)6-12(10)20-13-19-11-3-1-2-8(11)7-21-13/h4-6,8,11H,1-3,7H2,(H,19,20). The Bertz CT molecular complexity index is 571. The summed E-state index contributed by atoms with van der Waals surface area (Å²) in [5, 5.41) is 3.22. The van der Waals surface area contributed by atoms with E-state index >= 15 is 0 Å². The average molecular weight is 318 g/mol. The number of rotatable bonds is 1. The van der Waals surface area contributed by atoms with Gasteiger partial charge < -0.3 is 5.32 Å². The fraction of sp³-hybridized carbons (Fsp3) is 0.500. The van der Waals surface area contributed by atoms with E-state index in [9.17, 15) is 17.6 Å². The molecule has 1 heterocycles. The molecule has 1 aliphatic heterocycles. The molecule has 0 spiro atoms. The van der Waals surface area contributed by atoms with Crippen molar-refractivity contribution >= 4 is 22.6 Å². The van der Waals surface area contributed by atoms with Crippen LogP contribution in [0.5, 0.6) is 0 Å². The van der Waals surface area contributed by atoms with Crippen LogP contribution >= 0.6 is 11.8 Å². The third-order valence-electron chi connectivity index (χ3n) is 3.87. The van der Waals surface area contributed by atoms with Gasteiger partial charge in [0.2, 0.25) is 0 Å². The number of hydrogen-bond acceptors (Lipinski definition) is 3. The highest BCUT2D eigenvalue weighted by Crippen LogP contribution is 2.36. The average Bonchev–Trinajstić information content (AvgIpc) is 2.87. The molecule has 0 saturated heterocycles. The predicted octanol–water partition coefficient (Wildman–Crippen LogP) is 4.53. The lowest BCUT2D eigenvalue weighted by Crippen LogP contribution is -2.25. The van der Waals surface area contributed by atoms with Crippen molar-refractivity contribution in [3.63, 3.8) is 0 Å². The van der Waals surface area contributed by atoms with Crippen molar-refractivity contribution in [3.05, 3.63) is 29.6 Å². The van der Waals surface area contributed by atoms with Gasteiger partial charge in [-0.15, -0.1) is 0 Å². The van der Waals surface area contributed by atoms with Gasteiger partial charge in [0.05, 0.1) is 17.3 Å². The Labute approximate surface area is 124 Å². The van der Waals surface area contributed by atoms with E-state index in [0.29, 0.717) is 11.1 Å². The van der Waals surface area contributed by atoms with Crippen LogP contribution in [0.25, 0.3) is 0 Å². The summed E-state index contributed by atoms with van der Waals surface area (Å²) in [4.78, 5) is 4.49. The molecular weight excluding hydrogens is 304 g/mol. The number of anilines is 1. The van der Waals surface area contributed by atoms with E-state index in [1.807, 2.05) is 0 Å². The van der Waals surface area contributed by atoms with Crippen LogP contribution in [0, 0.1) is 11.7 Å². The van der Waals surface area contributed by atoms with Gasteiger partial charge in [-0.25, -0.2) is 4.39 Å². The zero-order valence-electron chi connectivity index (χ0n) is 11.1. The molecule has 1 saturated carbocycles. The Morgan fingerprint density at radius 1 is 1.24 bits per heavy atom. The Hall–Kier alpha value is -1.24. The van der Waals surface area contributed by atoms with Crippen LogP contribution in [-0.4, -0.2) is 17.0 Å². The van der Waals surface area contributed by atoms with E-state index in [2.05, 4.69) is 10.3 Å². The van der Waals surface area contributed by atoms with Crippen LogP contribution in [0.2, 0.25) is 0 Å². The summed E-state index contributed by atoms with van der Waals surface area (Å²) in [6, 6.07) is 2.59. The quantitative estimate of drug-likeness (QED) is 0.770.